The number of anilines is 4. The number of rotatable bonds is 15. The first kappa shape index (κ1) is 46.2. The van der Waals surface area contributed by atoms with Crippen molar-refractivity contribution in [1.82, 2.24) is 49.8 Å². The molecule has 0 spiro atoms. The minimum absolute atomic E-state index is 0.00743. The van der Waals surface area contributed by atoms with Crippen molar-refractivity contribution in [1.29, 1.82) is 0 Å². The second-order valence-corrected chi connectivity index (χ2v) is 16.6. The summed E-state index contributed by atoms with van der Waals surface area (Å²) in [6, 6.07) is 14.8. The molecule has 0 fully saturated rings. The molecular formula is C42H30Br2Cl2F6N14. The molecule has 0 amide bonds. The average Bonchev–Trinajstić information content (AvgIpc) is 4.03. The fourth-order valence-electron chi connectivity index (χ4n) is 6.51. The monoisotopic (exact) mass is 1070 g/mol. The lowest BCUT2D eigenvalue weighted by atomic mass is 10.1. The third-order valence-corrected chi connectivity index (χ3v) is 11.2. The van der Waals surface area contributed by atoms with E-state index in [1.165, 1.54) is 12.1 Å². The molecule has 6 aromatic heterocycles. The molecule has 66 heavy (non-hydrogen) atoms. The number of hydrazine groups is 1. The van der Waals surface area contributed by atoms with Crippen LogP contribution in [0.25, 0.3) is 45.3 Å². The fraction of sp³-hybridized carbons (Fsp3) is 0.143. The predicted octanol–water partition coefficient (Wildman–Crippen LogP) is 11.5. The molecule has 0 radical (unpaired) electrons. The standard InChI is InChI=1S/C42H30Br2Cl2F6N14/c43-25-3-5-27(31(45)17-25)35-29(37-55-9-10-56-37)21-61-39(63-35)65(15-13-53-33-7-1-23(19-59-33)41(47,48)49)66(16-14-54-34-8-2-24(20-60-34)42(50,51)52)40-62-22-30(38-57-11-12-58-38)36(64-40)28-6-4-26(44)18-32(28)46/h1-12,17-22H,13-16H2,(H,53,59)(H,54,60)(H,55,56)(H,57,58). The van der Waals surface area contributed by atoms with Gasteiger partial charge in [0.05, 0.1) is 56.8 Å². The molecule has 14 nitrogen and oxygen atoms in total. The molecule has 338 valence electrons. The second kappa shape index (κ2) is 19.6. The SMILES string of the molecule is FC(F)(F)c1ccc(NCCN(c2ncc(-c3ncc[nH]3)c(-c3ccc(Br)cc3Cl)n2)N(CCNc2ccc(C(F)(F)F)cn2)c2ncc(-c3ncc[nH]3)c(-c3ccc(Br)cc3Cl)n2)nc1. The number of hydrogen-bond acceptors (Lipinski definition) is 12. The minimum atomic E-state index is -4.59. The number of aromatic nitrogens is 10. The number of aromatic amines is 2. The van der Waals surface area contributed by atoms with Crippen LogP contribution >= 0.6 is 55.1 Å². The van der Waals surface area contributed by atoms with Gasteiger partial charge in [0.2, 0.25) is 11.9 Å². The van der Waals surface area contributed by atoms with Crippen LogP contribution in [0.15, 0.2) is 119 Å². The first-order chi connectivity index (χ1) is 31.6. The van der Waals surface area contributed by atoms with Crippen LogP contribution in [0.4, 0.5) is 49.9 Å². The Hall–Kier alpha value is -6.36. The van der Waals surface area contributed by atoms with Gasteiger partial charge < -0.3 is 20.6 Å². The Bertz CT molecular complexity index is 2730. The normalized spacial score (nSPS) is 11.7. The van der Waals surface area contributed by atoms with Crippen molar-refractivity contribution in [3.8, 4) is 45.3 Å². The maximum atomic E-state index is 13.4. The number of imidazole rings is 2. The maximum Gasteiger partial charge on any atom is 0.417 e. The van der Waals surface area contributed by atoms with Crippen LogP contribution in [0.3, 0.4) is 0 Å². The van der Waals surface area contributed by atoms with E-state index in [4.69, 9.17) is 43.1 Å². The molecule has 24 heteroatoms. The Morgan fingerprint density at radius 1 is 0.530 bits per heavy atom. The summed E-state index contributed by atoms with van der Waals surface area (Å²) < 4.78 is 81.9. The molecule has 0 atom stereocenters. The first-order valence-corrected chi connectivity index (χ1v) is 21.7. The molecule has 0 bridgehead atoms. The fourth-order valence-corrected chi connectivity index (χ4v) is 8.03. The van der Waals surface area contributed by atoms with Gasteiger partial charge >= 0.3 is 12.4 Å². The van der Waals surface area contributed by atoms with E-state index in [1.54, 1.807) is 83.6 Å². The Balaban J connectivity index is 1.27. The topological polar surface area (TPSA) is 165 Å². The number of pyridine rings is 2. The van der Waals surface area contributed by atoms with Crippen LogP contribution in [-0.2, 0) is 12.4 Å². The van der Waals surface area contributed by atoms with Crippen LogP contribution in [0.2, 0.25) is 10.0 Å². The van der Waals surface area contributed by atoms with Gasteiger partial charge in [-0.2, -0.15) is 26.3 Å². The second-order valence-electron chi connectivity index (χ2n) is 13.9. The molecule has 8 rings (SSSR count). The van der Waals surface area contributed by atoms with E-state index in [2.05, 4.69) is 72.4 Å². The summed E-state index contributed by atoms with van der Waals surface area (Å²) >= 11 is 20.6. The predicted molar refractivity (Wildman–Crippen MR) is 246 cm³/mol. The van der Waals surface area contributed by atoms with Crippen molar-refractivity contribution < 1.29 is 26.3 Å². The molecule has 0 aliphatic rings. The van der Waals surface area contributed by atoms with Gasteiger partial charge in [-0.1, -0.05) is 67.2 Å². The first-order valence-electron chi connectivity index (χ1n) is 19.4. The molecule has 0 aliphatic carbocycles. The van der Waals surface area contributed by atoms with Crippen LogP contribution in [0.1, 0.15) is 11.1 Å². The quantitative estimate of drug-likeness (QED) is 0.0568. The number of alkyl halides is 6. The van der Waals surface area contributed by atoms with Gasteiger partial charge in [-0.25, -0.2) is 49.9 Å². The Kier molecular flexibility index (Phi) is 13.7. The van der Waals surface area contributed by atoms with Crippen molar-refractivity contribution in [2.75, 3.05) is 46.8 Å². The number of hydrogen-bond donors (Lipinski definition) is 4. The van der Waals surface area contributed by atoms with Crippen molar-refractivity contribution in [2.24, 2.45) is 0 Å². The molecular weight excluding hydrogens is 1050 g/mol. The van der Waals surface area contributed by atoms with Gasteiger partial charge in [0.1, 0.15) is 23.3 Å². The van der Waals surface area contributed by atoms with E-state index < -0.39 is 23.5 Å². The summed E-state index contributed by atoms with van der Waals surface area (Å²) in [7, 11) is 0. The zero-order valence-electron chi connectivity index (χ0n) is 33.5. The van der Waals surface area contributed by atoms with Crippen LogP contribution in [0.5, 0.6) is 0 Å². The molecule has 2 aromatic carbocycles. The lowest BCUT2D eigenvalue weighted by Crippen LogP contribution is -2.49. The molecule has 4 N–H and O–H groups in total. The molecule has 8 aromatic rings. The van der Waals surface area contributed by atoms with E-state index in [-0.39, 0.29) is 49.7 Å². The van der Waals surface area contributed by atoms with Crippen molar-refractivity contribution >= 4 is 78.6 Å². The lowest BCUT2D eigenvalue weighted by Gasteiger charge is -2.35. The summed E-state index contributed by atoms with van der Waals surface area (Å²) in [5.74, 6) is 1.33. The van der Waals surface area contributed by atoms with Gasteiger partial charge in [-0.15, -0.1) is 0 Å². The third-order valence-electron chi connectivity index (χ3n) is 9.63. The van der Waals surface area contributed by atoms with Gasteiger partial charge in [0.15, 0.2) is 0 Å². The van der Waals surface area contributed by atoms with Crippen LogP contribution in [0, 0.1) is 0 Å². The summed E-state index contributed by atoms with van der Waals surface area (Å²) in [5, 5.41) is 10.1. The highest BCUT2D eigenvalue weighted by Gasteiger charge is 2.32. The summed E-state index contributed by atoms with van der Waals surface area (Å²) in [6.07, 6.45) is 1.81. The Morgan fingerprint density at radius 3 is 1.29 bits per heavy atom. The van der Waals surface area contributed by atoms with Crippen molar-refractivity contribution in [3.05, 3.63) is 140 Å². The number of halogens is 10. The van der Waals surface area contributed by atoms with Gasteiger partial charge in [0.25, 0.3) is 0 Å². The maximum absolute atomic E-state index is 13.4. The molecule has 0 saturated carbocycles. The number of nitrogens with zero attached hydrogens (tertiary/aromatic N) is 10. The zero-order chi connectivity index (χ0) is 46.6. The van der Waals surface area contributed by atoms with E-state index in [9.17, 15) is 26.3 Å². The minimum Gasteiger partial charge on any atom is -0.368 e. The Labute approximate surface area is 397 Å². The van der Waals surface area contributed by atoms with E-state index in [0.717, 1.165) is 24.5 Å². The average molecular weight is 1080 g/mol. The van der Waals surface area contributed by atoms with Crippen molar-refractivity contribution in [2.45, 2.75) is 12.4 Å². The highest BCUT2D eigenvalue weighted by Crippen LogP contribution is 2.38. The molecule has 0 aliphatic heterocycles. The van der Waals surface area contributed by atoms with E-state index in [0.29, 0.717) is 64.3 Å². The van der Waals surface area contributed by atoms with E-state index >= 15 is 0 Å². The van der Waals surface area contributed by atoms with Gasteiger partial charge in [-0.3, -0.25) is 0 Å². The highest BCUT2D eigenvalue weighted by molar-refractivity contribution is 9.10. The summed E-state index contributed by atoms with van der Waals surface area (Å²) in [6.45, 7) is 0.0611. The number of nitrogens with one attached hydrogen (secondary N) is 4. The summed E-state index contributed by atoms with van der Waals surface area (Å²) in [4.78, 5) is 42.7. The van der Waals surface area contributed by atoms with Gasteiger partial charge in [-0.05, 0) is 48.5 Å². The molecule has 0 saturated heterocycles. The zero-order valence-corrected chi connectivity index (χ0v) is 38.2. The molecule has 6 heterocycles. The number of H-pyrrole nitrogens is 2. The molecule has 0 unspecified atom stereocenters. The van der Waals surface area contributed by atoms with E-state index in [1.807, 2.05) is 0 Å². The van der Waals surface area contributed by atoms with Crippen LogP contribution < -0.4 is 20.7 Å². The summed E-state index contributed by atoms with van der Waals surface area (Å²) in [5.41, 5.74) is 0.940. The van der Waals surface area contributed by atoms with Gasteiger partial charge in [0, 0.05) is 82.7 Å². The van der Waals surface area contributed by atoms with Crippen LogP contribution in [-0.4, -0.2) is 76.0 Å². The lowest BCUT2D eigenvalue weighted by molar-refractivity contribution is -0.138. The largest absolute Gasteiger partial charge is 0.417 e. The third kappa shape index (κ3) is 10.7. The highest BCUT2D eigenvalue weighted by atomic mass is 79.9. The van der Waals surface area contributed by atoms with Crippen molar-refractivity contribution in [3.63, 3.8) is 0 Å². The smallest absolute Gasteiger partial charge is 0.368 e. The number of benzene rings is 2. The Morgan fingerprint density at radius 2 is 0.955 bits per heavy atom.